The minimum Gasteiger partial charge on any atom is -0.469 e. The van der Waals surface area contributed by atoms with E-state index in [1.54, 1.807) is 18.7 Å². The third kappa shape index (κ3) is 3.49. The lowest BCUT2D eigenvalue weighted by Crippen LogP contribution is -2.37. The van der Waals surface area contributed by atoms with Gasteiger partial charge in [-0.3, -0.25) is 9.78 Å². The van der Waals surface area contributed by atoms with Crippen molar-refractivity contribution in [2.45, 2.75) is 44.6 Å². The van der Waals surface area contributed by atoms with Gasteiger partial charge in [-0.15, -0.1) is 0 Å². The van der Waals surface area contributed by atoms with E-state index < -0.39 is 0 Å². The normalized spacial score (nSPS) is 19.1. The molecule has 0 bridgehead atoms. The van der Waals surface area contributed by atoms with Crippen LogP contribution in [0.2, 0.25) is 0 Å². The Morgan fingerprint density at radius 3 is 2.77 bits per heavy atom. The summed E-state index contributed by atoms with van der Waals surface area (Å²) < 4.78 is 7.51. The zero-order valence-electron chi connectivity index (χ0n) is 16.9. The summed E-state index contributed by atoms with van der Waals surface area (Å²) in [6, 6.07) is 11.9. The van der Waals surface area contributed by atoms with E-state index in [1.807, 2.05) is 53.9 Å². The number of amides is 1. The molecule has 1 fully saturated rings. The fourth-order valence-corrected chi connectivity index (χ4v) is 4.38. The van der Waals surface area contributed by atoms with Gasteiger partial charge in [0.15, 0.2) is 0 Å². The van der Waals surface area contributed by atoms with Gasteiger partial charge in [0.2, 0.25) is 0 Å². The first-order valence-corrected chi connectivity index (χ1v) is 10.4. The molecule has 0 aromatic carbocycles. The molecule has 1 saturated carbocycles. The molecule has 4 aromatic heterocycles. The molecular formula is C24H24N4O2. The lowest BCUT2D eigenvalue weighted by molar-refractivity contribution is 0.0926. The second-order valence-corrected chi connectivity index (χ2v) is 7.98. The highest BCUT2D eigenvalue weighted by Gasteiger charge is 2.26. The van der Waals surface area contributed by atoms with E-state index in [0.717, 1.165) is 48.4 Å². The number of fused-ring (bicyclic) bond motifs is 1. The van der Waals surface area contributed by atoms with Gasteiger partial charge in [-0.1, -0.05) is 0 Å². The van der Waals surface area contributed by atoms with E-state index in [1.165, 1.54) is 0 Å². The number of nitrogens with one attached hydrogen (secondary N) is 1. The van der Waals surface area contributed by atoms with Crippen molar-refractivity contribution in [1.29, 1.82) is 0 Å². The molecule has 0 radical (unpaired) electrons. The van der Waals surface area contributed by atoms with E-state index in [4.69, 9.17) is 9.40 Å². The molecule has 1 aliphatic rings. The lowest BCUT2D eigenvalue weighted by Gasteiger charge is -2.28. The van der Waals surface area contributed by atoms with Crippen LogP contribution in [0, 0.1) is 6.92 Å². The van der Waals surface area contributed by atoms with Crippen molar-refractivity contribution in [1.82, 2.24) is 19.7 Å². The van der Waals surface area contributed by atoms with Crippen molar-refractivity contribution in [3.8, 4) is 11.3 Å². The summed E-state index contributed by atoms with van der Waals surface area (Å²) in [5, 5.41) is 3.22. The van der Waals surface area contributed by atoms with Crippen molar-refractivity contribution in [2.24, 2.45) is 0 Å². The maximum absolute atomic E-state index is 13.1. The highest BCUT2D eigenvalue weighted by molar-refractivity contribution is 6.00. The van der Waals surface area contributed by atoms with Crippen molar-refractivity contribution in [2.75, 3.05) is 0 Å². The monoisotopic (exact) mass is 400 g/mol. The Morgan fingerprint density at radius 1 is 1.17 bits per heavy atom. The van der Waals surface area contributed by atoms with E-state index in [2.05, 4.69) is 10.3 Å². The van der Waals surface area contributed by atoms with Crippen LogP contribution in [0.15, 0.2) is 65.7 Å². The van der Waals surface area contributed by atoms with Crippen LogP contribution in [0.3, 0.4) is 0 Å². The highest BCUT2D eigenvalue weighted by Crippen LogP contribution is 2.33. The van der Waals surface area contributed by atoms with Gasteiger partial charge in [0, 0.05) is 41.8 Å². The third-order valence-electron chi connectivity index (χ3n) is 6.02. The predicted molar refractivity (Wildman–Crippen MR) is 114 cm³/mol. The second kappa shape index (κ2) is 7.78. The molecule has 0 unspecified atom stereocenters. The van der Waals surface area contributed by atoms with Crippen LogP contribution < -0.4 is 5.32 Å². The fraction of sp³-hybridized carbons (Fsp3) is 0.292. The number of nitrogens with zero attached hydrogens (tertiary/aromatic N) is 3. The summed E-state index contributed by atoms with van der Waals surface area (Å²) >= 11 is 0. The average molecular weight is 400 g/mol. The maximum Gasteiger partial charge on any atom is 0.255 e. The fourth-order valence-electron chi connectivity index (χ4n) is 4.38. The van der Waals surface area contributed by atoms with Crippen molar-refractivity contribution < 1.29 is 9.21 Å². The van der Waals surface area contributed by atoms with E-state index in [-0.39, 0.29) is 11.9 Å². The van der Waals surface area contributed by atoms with Crippen molar-refractivity contribution in [3.05, 3.63) is 78.3 Å². The van der Waals surface area contributed by atoms with Crippen LogP contribution >= 0.6 is 0 Å². The van der Waals surface area contributed by atoms with Gasteiger partial charge in [0.1, 0.15) is 11.4 Å². The molecule has 6 heteroatoms. The minimum absolute atomic E-state index is 0.0609. The first-order chi connectivity index (χ1) is 14.7. The quantitative estimate of drug-likeness (QED) is 0.536. The van der Waals surface area contributed by atoms with Crippen LogP contribution in [-0.2, 0) is 0 Å². The number of aromatic nitrogens is 3. The maximum atomic E-state index is 13.1. The van der Waals surface area contributed by atoms with Crippen molar-refractivity contribution in [3.63, 3.8) is 0 Å². The number of aryl methyl sites for hydroxylation is 1. The van der Waals surface area contributed by atoms with Gasteiger partial charge < -0.3 is 14.1 Å². The molecule has 4 aromatic rings. The lowest BCUT2D eigenvalue weighted by atomic mass is 9.84. The molecule has 1 N–H and O–H groups in total. The summed E-state index contributed by atoms with van der Waals surface area (Å²) in [7, 11) is 0. The largest absolute Gasteiger partial charge is 0.469 e. The molecule has 0 atom stereocenters. The number of carbonyl (C=O) groups is 1. The topological polar surface area (TPSA) is 72.4 Å². The van der Waals surface area contributed by atoms with Gasteiger partial charge in [-0.25, -0.2) is 4.98 Å². The Bertz CT molecular complexity index is 1160. The predicted octanol–water partition coefficient (Wildman–Crippen LogP) is 4.75. The van der Waals surface area contributed by atoms with Gasteiger partial charge >= 0.3 is 0 Å². The van der Waals surface area contributed by atoms with Crippen LogP contribution in [0.4, 0.5) is 0 Å². The minimum atomic E-state index is -0.0609. The second-order valence-electron chi connectivity index (χ2n) is 7.98. The standard InChI is InChI=1S/C24H24N4O2/c1-16-14-21(18-4-2-11-25-15-18)27-23-20(10-12-28(16)23)24(29)26-19-8-6-17(7-9-19)22-5-3-13-30-22/h2-5,10-15,17,19H,6-9H2,1H3,(H,26,29). The number of furan rings is 1. The Labute approximate surface area is 175 Å². The van der Waals surface area contributed by atoms with E-state index >= 15 is 0 Å². The summed E-state index contributed by atoms with van der Waals surface area (Å²) in [4.78, 5) is 22.0. The van der Waals surface area contributed by atoms with E-state index in [0.29, 0.717) is 17.1 Å². The number of carbonyl (C=O) groups excluding carboxylic acids is 1. The number of rotatable bonds is 4. The molecule has 30 heavy (non-hydrogen) atoms. The Hall–Kier alpha value is -3.41. The molecule has 5 rings (SSSR count). The molecule has 0 spiro atoms. The van der Waals surface area contributed by atoms with Gasteiger partial charge in [0.25, 0.3) is 5.91 Å². The summed E-state index contributed by atoms with van der Waals surface area (Å²) in [5.74, 6) is 1.45. The molecule has 4 heterocycles. The Balaban J connectivity index is 1.34. The zero-order valence-corrected chi connectivity index (χ0v) is 16.9. The van der Waals surface area contributed by atoms with Crippen LogP contribution in [0.5, 0.6) is 0 Å². The molecule has 1 amide bonds. The Kier molecular flexibility index (Phi) is 4.83. The first kappa shape index (κ1) is 18.6. The molecule has 6 nitrogen and oxygen atoms in total. The molecular weight excluding hydrogens is 376 g/mol. The molecule has 1 aliphatic carbocycles. The van der Waals surface area contributed by atoms with Gasteiger partial charge in [-0.05, 0) is 69.0 Å². The van der Waals surface area contributed by atoms with Gasteiger partial charge in [-0.2, -0.15) is 0 Å². The van der Waals surface area contributed by atoms with Gasteiger partial charge in [0.05, 0.1) is 17.5 Å². The summed E-state index contributed by atoms with van der Waals surface area (Å²) in [6.07, 6.45) is 11.1. The SMILES string of the molecule is Cc1cc(-c2cccnc2)nc2c(C(=O)NC3CCC(c4ccco4)CC3)ccn12. The summed E-state index contributed by atoms with van der Waals surface area (Å²) in [5.41, 5.74) is 4.07. The molecule has 152 valence electrons. The summed E-state index contributed by atoms with van der Waals surface area (Å²) in [6.45, 7) is 2.02. The number of hydrogen-bond acceptors (Lipinski definition) is 4. The number of hydrogen-bond donors (Lipinski definition) is 1. The van der Waals surface area contributed by atoms with Crippen LogP contribution in [0.25, 0.3) is 16.9 Å². The average Bonchev–Trinajstić information content (AvgIpc) is 3.45. The number of pyridine rings is 1. The van der Waals surface area contributed by atoms with E-state index in [9.17, 15) is 4.79 Å². The van der Waals surface area contributed by atoms with Crippen LogP contribution in [-0.4, -0.2) is 26.3 Å². The smallest absolute Gasteiger partial charge is 0.255 e. The Morgan fingerprint density at radius 2 is 2.03 bits per heavy atom. The molecule has 0 aliphatic heterocycles. The van der Waals surface area contributed by atoms with Crippen LogP contribution in [0.1, 0.15) is 53.4 Å². The zero-order chi connectivity index (χ0) is 20.5. The highest BCUT2D eigenvalue weighted by atomic mass is 16.3. The third-order valence-corrected chi connectivity index (χ3v) is 6.02. The molecule has 0 saturated heterocycles. The van der Waals surface area contributed by atoms with Crippen molar-refractivity contribution >= 4 is 11.6 Å². The first-order valence-electron chi connectivity index (χ1n) is 10.4.